The highest BCUT2D eigenvalue weighted by Crippen LogP contribution is 2.16. The van der Waals surface area contributed by atoms with E-state index in [1.165, 1.54) is 0 Å². The molecule has 2 aromatic rings. The Hall–Kier alpha value is -1.86. The van der Waals surface area contributed by atoms with Gasteiger partial charge in [-0.05, 0) is 19.2 Å². The van der Waals surface area contributed by atoms with E-state index in [2.05, 4.69) is 20.8 Å². The van der Waals surface area contributed by atoms with E-state index in [0.717, 1.165) is 6.54 Å². The second-order valence-corrected chi connectivity index (χ2v) is 3.94. The molecule has 0 aromatic carbocycles. The Morgan fingerprint density at radius 3 is 2.95 bits per heavy atom. The van der Waals surface area contributed by atoms with Gasteiger partial charge in [-0.2, -0.15) is 4.98 Å². The van der Waals surface area contributed by atoms with Gasteiger partial charge in [0, 0.05) is 25.9 Å². The van der Waals surface area contributed by atoms with Gasteiger partial charge in [-0.25, -0.2) is 0 Å². The fourth-order valence-electron chi connectivity index (χ4n) is 1.50. The number of aryl methyl sites for hydroxylation is 1. The van der Waals surface area contributed by atoms with Gasteiger partial charge in [0.15, 0.2) is 5.76 Å². The van der Waals surface area contributed by atoms with Crippen LogP contribution >= 0.6 is 12.4 Å². The molecule has 2 heterocycles. The fraction of sp³-hybridized carbons (Fsp3) is 0.417. The topological polar surface area (TPSA) is 93.2 Å². The van der Waals surface area contributed by atoms with Crippen LogP contribution in [0.4, 0.5) is 0 Å². The Labute approximate surface area is 122 Å². The Kier molecular flexibility index (Phi) is 6.75. The van der Waals surface area contributed by atoms with Crippen LogP contribution in [-0.2, 0) is 11.2 Å². The van der Waals surface area contributed by atoms with Crippen molar-refractivity contribution in [2.75, 3.05) is 20.1 Å². The average Bonchev–Trinajstić information content (AvgIpc) is 3.07. The van der Waals surface area contributed by atoms with Crippen molar-refractivity contribution in [3.63, 3.8) is 0 Å². The fourth-order valence-corrected chi connectivity index (χ4v) is 1.50. The molecule has 2 aromatic heterocycles. The number of aromatic nitrogens is 2. The van der Waals surface area contributed by atoms with E-state index in [9.17, 15) is 4.79 Å². The molecule has 0 atom stereocenters. The number of hydrogen-bond donors (Lipinski definition) is 2. The highest BCUT2D eigenvalue weighted by Gasteiger charge is 2.11. The molecule has 2 rings (SSSR count). The van der Waals surface area contributed by atoms with Gasteiger partial charge in [0.1, 0.15) is 0 Å². The monoisotopic (exact) mass is 300 g/mol. The minimum Gasteiger partial charge on any atom is -0.461 e. The molecule has 0 fully saturated rings. The molecule has 0 radical (unpaired) electrons. The number of furan rings is 1. The number of hydrogen-bond acceptors (Lipinski definition) is 6. The van der Waals surface area contributed by atoms with E-state index in [1.807, 2.05) is 7.05 Å². The number of carbonyl (C=O) groups is 1. The van der Waals surface area contributed by atoms with Crippen LogP contribution in [-0.4, -0.2) is 36.2 Å². The molecule has 0 aliphatic rings. The van der Waals surface area contributed by atoms with Crippen LogP contribution in [0, 0.1) is 0 Å². The zero-order valence-corrected chi connectivity index (χ0v) is 11.9. The number of likely N-dealkylation sites (N-methyl/N-ethyl adjacent to an activating group) is 1. The average molecular weight is 301 g/mol. The molecular formula is C12H17ClN4O3. The van der Waals surface area contributed by atoms with Crippen molar-refractivity contribution in [1.29, 1.82) is 0 Å². The third-order valence-corrected chi connectivity index (χ3v) is 2.47. The molecule has 0 saturated heterocycles. The van der Waals surface area contributed by atoms with Crippen LogP contribution in [0.2, 0.25) is 0 Å². The van der Waals surface area contributed by atoms with E-state index < -0.39 is 0 Å². The van der Waals surface area contributed by atoms with E-state index in [0.29, 0.717) is 36.9 Å². The quantitative estimate of drug-likeness (QED) is 0.742. The summed E-state index contributed by atoms with van der Waals surface area (Å²) in [7, 11) is 1.83. The van der Waals surface area contributed by atoms with Crippen LogP contribution in [0.25, 0.3) is 11.6 Å². The number of rotatable bonds is 7. The van der Waals surface area contributed by atoms with E-state index in [-0.39, 0.29) is 18.3 Å². The summed E-state index contributed by atoms with van der Waals surface area (Å²) in [6.45, 7) is 1.35. The molecule has 7 nitrogen and oxygen atoms in total. The number of nitrogens with zero attached hydrogens (tertiary/aromatic N) is 2. The predicted molar refractivity (Wildman–Crippen MR) is 74.5 cm³/mol. The van der Waals surface area contributed by atoms with Crippen molar-refractivity contribution in [2.24, 2.45) is 0 Å². The number of nitrogens with one attached hydrogen (secondary N) is 2. The lowest BCUT2D eigenvalue weighted by molar-refractivity contribution is -0.121. The zero-order chi connectivity index (χ0) is 13.5. The van der Waals surface area contributed by atoms with Crippen molar-refractivity contribution in [2.45, 2.75) is 12.8 Å². The Morgan fingerprint density at radius 2 is 2.25 bits per heavy atom. The summed E-state index contributed by atoms with van der Waals surface area (Å²) in [5.41, 5.74) is 0. The first kappa shape index (κ1) is 16.2. The molecule has 20 heavy (non-hydrogen) atoms. The number of halogens is 1. The Balaban J connectivity index is 0.00000200. The normalized spacial score (nSPS) is 10.1. The van der Waals surface area contributed by atoms with E-state index >= 15 is 0 Å². The largest absolute Gasteiger partial charge is 0.461 e. The summed E-state index contributed by atoms with van der Waals surface area (Å²) in [4.78, 5) is 15.6. The van der Waals surface area contributed by atoms with Crippen LogP contribution in [0.3, 0.4) is 0 Å². The van der Waals surface area contributed by atoms with Gasteiger partial charge in [0.2, 0.25) is 17.6 Å². The lowest BCUT2D eigenvalue weighted by atomic mass is 10.3. The molecule has 8 heteroatoms. The van der Waals surface area contributed by atoms with Gasteiger partial charge < -0.3 is 19.6 Å². The highest BCUT2D eigenvalue weighted by atomic mass is 35.5. The van der Waals surface area contributed by atoms with Crippen LogP contribution in [0.5, 0.6) is 0 Å². The lowest BCUT2D eigenvalue weighted by Crippen LogP contribution is -2.30. The van der Waals surface area contributed by atoms with Crippen LogP contribution in [0.15, 0.2) is 27.3 Å². The molecule has 110 valence electrons. The summed E-state index contributed by atoms with van der Waals surface area (Å²) in [5, 5.41) is 9.52. The first-order valence-electron chi connectivity index (χ1n) is 6.07. The van der Waals surface area contributed by atoms with Gasteiger partial charge >= 0.3 is 0 Å². The molecule has 0 aliphatic heterocycles. The lowest BCUT2D eigenvalue weighted by Gasteiger charge is -2.02. The van der Waals surface area contributed by atoms with Crippen molar-refractivity contribution < 1.29 is 13.7 Å². The van der Waals surface area contributed by atoms with Gasteiger partial charge in [0.25, 0.3) is 0 Å². The molecule has 2 N–H and O–H groups in total. The maximum Gasteiger partial charge on any atom is 0.238 e. The summed E-state index contributed by atoms with van der Waals surface area (Å²) < 4.78 is 10.2. The van der Waals surface area contributed by atoms with Crippen molar-refractivity contribution in [3.8, 4) is 11.6 Å². The molecule has 0 aliphatic carbocycles. The van der Waals surface area contributed by atoms with Gasteiger partial charge in [0.05, 0.1) is 6.26 Å². The van der Waals surface area contributed by atoms with Crippen LogP contribution < -0.4 is 10.6 Å². The smallest absolute Gasteiger partial charge is 0.238 e. The maximum atomic E-state index is 11.5. The van der Waals surface area contributed by atoms with Gasteiger partial charge in [-0.1, -0.05) is 5.16 Å². The summed E-state index contributed by atoms with van der Waals surface area (Å²) >= 11 is 0. The minimum atomic E-state index is -0.0343. The summed E-state index contributed by atoms with van der Waals surface area (Å²) in [6.07, 6.45) is 2.28. The Morgan fingerprint density at radius 1 is 1.40 bits per heavy atom. The number of amides is 1. The molecule has 0 bridgehead atoms. The third kappa shape index (κ3) is 4.67. The van der Waals surface area contributed by atoms with E-state index in [4.69, 9.17) is 8.94 Å². The number of carbonyl (C=O) groups excluding carboxylic acids is 1. The molecule has 0 saturated carbocycles. The van der Waals surface area contributed by atoms with Crippen LogP contribution in [0.1, 0.15) is 12.3 Å². The van der Waals surface area contributed by atoms with Crippen molar-refractivity contribution >= 4 is 18.3 Å². The summed E-state index contributed by atoms with van der Waals surface area (Å²) in [5.74, 6) is 1.34. The van der Waals surface area contributed by atoms with Gasteiger partial charge in [-0.3, -0.25) is 4.79 Å². The maximum absolute atomic E-state index is 11.5. The predicted octanol–water partition coefficient (Wildman–Crippen LogP) is 1.02. The molecule has 1 amide bonds. The second kappa shape index (κ2) is 8.34. The summed E-state index contributed by atoms with van der Waals surface area (Å²) in [6, 6.07) is 3.50. The van der Waals surface area contributed by atoms with Crippen molar-refractivity contribution in [1.82, 2.24) is 20.8 Å². The standard InChI is InChI=1S/C12H16N4O3.ClH/c1-13-6-7-14-10(17)4-5-11-15-12(16-19-11)9-3-2-8-18-9;/h2-3,8,13H,4-7H2,1H3,(H,14,17);1H. The highest BCUT2D eigenvalue weighted by molar-refractivity contribution is 5.85. The first-order valence-corrected chi connectivity index (χ1v) is 6.07. The van der Waals surface area contributed by atoms with E-state index in [1.54, 1.807) is 18.4 Å². The second-order valence-electron chi connectivity index (χ2n) is 3.94. The van der Waals surface area contributed by atoms with Gasteiger partial charge in [-0.15, -0.1) is 12.4 Å². The SMILES string of the molecule is CNCCNC(=O)CCc1nc(-c2ccco2)no1.Cl. The zero-order valence-electron chi connectivity index (χ0n) is 11.1. The Bertz CT molecular complexity index is 513. The molecule has 0 unspecified atom stereocenters. The molecule has 0 spiro atoms. The first-order chi connectivity index (χ1) is 9.29. The third-order valence-electron chi connectivity index (χ3n) is 2.47. The minimum absolute atomic E-state index is 0. The molecular weight excluding hydrogens is 284 g/mol. The van der Waals surface area contributed by atoms with Crippen molar-refractivity contribution in [3.05, 3.63) is 24.3 Å².